The average Bonchev–Trinajstić information content (AvgIpc) is 3.17. The van der Waals surface area contributed by atoms with Gasteiger partial charge in [-0.25, -0.2) is 4.98 Å². The highest BCUT2D eigenvalue weighted by atomic mass is 35.5. The van der Waals surface area contributed by atoms with Crippen LogP contribution in [0.1, 0.15) is 24.6 Å². The van der Waals surface area contributed by atoms with Gasteiger partial charge in [-0.05, 0) is 24.1 Å². The van der Waals surface area contributed by atoms with Crippen molar-refractivity contribution in [3.63, 3.8) is 0 Å². The van der Waals surface area contributed by atoms with E-state index in [1.165, 1.54) is 0 Å². The maximum atomic E-state index is 13.0. The predicted octanol–water partition coefficient (Wildman–Crippen LogP) is 2.11. The minimum absolute atomic E-state index is 0.204. The highest BCUT2D eigenvalue weighted by molar-refractivity contribution is 6.29. The van der Waals surface area contributed by atoms with Crippen LogP contribution in [-0.2, 0) is 22.4 Å². The molecule has 4 N–H and O–H groups in total. The van der Waals surface area contributed by atoms with Crippen LogP contribution in [0.2, 0.25) is 5.15 Å². The summed E-state index contributed by atoms with van der Waals surface area (Å²) in [5.74, 6) is -0.490. The molecule has 1 aromatic carbocycles. The second kappa shape index (κ2) is 10.2. The van der Waals surface area contributed by atoms with E-state index in [1.807, 2.05) is 42.5 Å². The Balaban J connectivity index is 1.74. The molecule has 0 aliphatic carbocycles. The van der Waals surface area contributed by atoms with Gasteiger partial charge in [0.25, 0.3) is 0 Å². The number of amides is 2. The lowest BCUT2D eigenvalue weighted by Gasteiger charge is -2.22. The van der Waals surface area contributed by atoms with E-state index in [2.05, 4.69) is 15.6 Å². The maximum Gasteiger partial charge on any atom is 0.243 e. The summed E-state index contributed by atoms with van der Waals surface area (Å²) in [6, 6.07) is 14.2. The molecule has 2 unspecified atom stereocenters. The zero-order valence-electron chi connectivity index (χ0n) is 16.8. The number of nitrogens with one attached hydrogen (secondary N) is 2. The van der Waals surface area contributed by atoms with Crippen molar-refractivity contribution in [3.8, 4) is 0 Å². The number of fused-ring (bicyclic) bond motifs is 1. The van der Waals surface area contributed by atoms with Crippen LogP contribution in [0.3, 0.4) is 0 Å². The Hall–Kier alpha value is -2.90. The molecule has 2 amide bonds. The van der Waals surface area contributed by atoms with Gasteiger partial charge in [0, 0.05) is 31.6 Å². The first-order valence-electron chi connectivity index (χ1n) is 9.96. The number of pyridine rings is 1. The van der Waals surface area contributed by atoms with Gasteiger partial charge in [-0.15, -0.1) is 0 Å². The molecule has 30 heavy (non-hydrogen) atoms. The van der Waals surface area contributed by atoms with E-state index in [4.69, 9.17) is 17.3 Å². The molecule has 2 atom stereocenters. The van der Waals surface area contributed by atoms with Gasteiger partial charge in [-0.3, -0.25) is 14.0 Å². The van der Waals surface area contributed by atoms with E-state index in [0.29, 0.717) is 29.5 Å². The van der Waals surface area contributed by atoms with Crippen molar-refractivity contribution >= 4 is 29.1 Å². The SMILES string of the molecule is CCC(=O)NC(Cc1cn2c(Cl)cccc2n1)C(=O)NC(CN)Cc1ccccc1. The van der Waals surface area contributed by atoms with Gasteiger partial charge in [0.2, 0.25) is 11.8 Å². The molecule has 2 heterocycles. The first-order chi connectivity index (χ1) is 14.5. The van der Waals surface area contributed by atoms with Gasteiger partial charge < -0.3 is 16.4 Å². The highest BCUT2D eigenvalue weighted by Crippen LogP contribution is 2.14. The van der Waals surface area contributed by atoms with Crippen LogP contribution in [0.5, 0.6) is 0 Å². The van der Waals surface area contributed by atoms with Crippen LogP contribution in [0.15, 0.2) is 54.7 Å². The van der Waals surface area contributed by atoms with E-state index >= 15 is 0 Å². The Morgan fingerprint density at radius 1 is 1.10 bits per heavy atom. The molecule has 0 spiro atoms. The zero-order chi connectivity index (χ0) is 21.5. The number of nitrogens with zero attached hydrogens (tertiary/aromatic N) is 2. The Kier molecular flexibility index (Phi) is 7.43. The number of carbonyl (C=O) groups excluding carboxylic acids is 2. The van der Waals surface area contributed by atoms with Gasteiger partial charge in [0.05, 0.1) is 5.69 Å². The van der Waals surface area contributed by atoms with E-state index < -0.39 is 6.04 Å². The summed E-state index contributed by atoms with van der Waals surface area (Å²) >= 11 is 6.20. The summed E-state index contributed by atoms with van der Waals surface area (Å²) in [6.45, 7) is 2.03. The van der Waals surface area contributed by atoms with Gasteiger partial charge >= 0.3 is 0 Å². The topological polar surface area (TPSA) is 102 Å². The molecule has 158 valence electrons. The number of aromatic nitrogens is 2. The third kappa shape index (κ3) is 5.58. The summed E-state index contributed by atoms with van der Waals surface area (Å²) in [5.41, 5.74) is 8.31. The van der Waals surface area contributed by atoms with Crippen LogP contribution >= 0.6 is 11.6 Å². The van der Waals surface area contributed by atoms with E-state index in [0.717, 1.165) is 5.56 Å². The molecule has 0 aliphatic heterocycles. The maximum absolute atomic E-state index is 13.0. The number of benzene rings is 1. The highest BCUT2D eigenvalue weighted by Gasteiger charge is 2.24. The van der Waals surface area contributed by atoms with Gasteiger partial charge in [-0.2, -0.15) is 0 Å². The molecule has 0 saturated carbocycles. The molecule has 3 rings (SSSR count). The second-order valence-electron chi connectivity index (χ2n) is 7.12. The third-order valence-corrected chi connectivity index (χ3v) is 5.14. The third-order valence-electron chi connectivity index (χ3n) is 4.83. The fraction of sp³-hybridized carbons (Fsp3) is 0.318. The molecule has 0 saturated heterocycles. The lowest BCUT2D eigenvalue weighted by atomic mass is 10.0. The van der Waals surface area contributed by atoms with Crippen molar-refractivity contribution in [2.75, 3.05) is 6.54 Å². The molecular formula is C22H26ClN5O2. The largest absolute Gasteiger partial charge is 0.350 e. The molecule has 0 radical (unpaired) electrons. The first kappa shape index (κ1) is 21.8. The summed E-state index contributed by atoms with van der Waals surface area (Å²) in [7, 11) is 0. The number of carbonyl (C=O) groups is 2. The zero-order valence-corrected chi connectivity index (χ0v) is 17.6. The van der Waals surface area contributed by atoms with Crippen LogP contribution in [0.25, 0.3) is 5.65 Å². The summed E-state index contributed by atoms with van der Waals surface area (Å²) in [4.78, 5) is 29.5. The fourth-order valence-corrected chi connectivity index (χ4v) is 3.44. The van der Waals surface area contributed by atoms with Crippen LogP contribution in [0.4, 0.5) is 0 Å². The Bertz CT molecular complexity index is 1010. The number of hydrogen-bond donors (Lipinski definition) is 3. The van der Waals surface area contributed by atoms with E-state index in [1.54, 1.807) is 23.6 Å². The number of hydrogen-bond acceptors (Lipinski definition) is 4. The molecule has 3 aromatic rings. The number of imidazole rings is 1. The lowest BCUT2D eigenvalue weighted by Crippen LogP contribution is -2.52. The lowest BCUT2D eigenvalue weighted by molar-refractivity contribution is -0.129. The molecular weight excluding hydrogens is 402 g/mol. The van der Waals surface area contributed by atoms with Crippen LogP contribution in [0, 0.1) is 0 Å². The number of rotatable bonds is 9. The Morgan fingerprint density at radius 2 is 1.87 bits per heavy atom. The van der Waals surface area contributed by atoms with Crippen molar-refractivity contribution in [1.82, 2.24) is 20.0 Å². The smallest absolute Gasteiger partial charge is 0.243 e. The molecule has 0 fully saturated rings. The predicted molar refractivity (Wildman–Crippen MR) is 117 cm³/mol. The molecule has 2 aromatic heterocycles. The van der Waals surface area contributed by atoms with Crippen molar-refractivity contribution in [3.05, 3.63) is 71.1 Å². The van der Waals surface area contributed by atoms with Gasteiger partial charge in [-0.1, -0.05) is 54.9 Å². The van der Waals surface area contributed by atoms with Crippen molar-refractivity contribution < 1.29 is 9.59 Å². The van der Waals surface area contributed by atoms with Crippen molar-refractivity contribution in [2.24, 2.45) is 5.73 Å². The summed E-state index contributed by atoms with van der Waals surface area (Å²) in [5, 5.41) is 6.29. The summed E-state index contributed by atoms with van der Waals surface area (Å²) < 4.78 is 1.74. The Morgan fingerprint density at radius 3 is 2.53 bits per heavy atom. The normalized spacial score (nSPS) is 13.0. The van der Waals surface area contributed by atoms with Crippen molar-refractivity contribution in [2.45, 2.75) is 38.3 Å². The number of halogens is 1. The molecule has 7 nitrogen and oxygen atoms in total. The average molecular weight is 428 g/mol. The molecule has 8 heteroatoms. The first-order valence-corrected chi connectivity index (χ1v) is 10.3. The van der Waals surface area contributed by atoms with Crippen molar-refractivity contribution in [1.29, 1.82) is 0 Å². The molecule has 0 aliphatic rings. The van der Waals surface area contributed by atoms with Crippen LogP contribution in [-0.4, -0.2) is 39.8 Å². The van der Waals surface area contributed by atoms with E-state index in [-0.39, 0.29) is 30.7 Å². The second-order valence-corrected chi connectivity index (χ2v) is 7.50. The fourth-order valence-electron chi connectivity index (χ4n) is 3.23. The quantitative estimate of drug-likeness (QED) is 0.455. The summed E-state index contributed by atoms with van der Waals surface area (Å²) in [6.07, 6.45) is 2.92. The van der Waals surface area contributed by atoms with E-state index in [9.17, 15) is 9.59 Å². The molecule has 0 bridgehead atoms. The van der Waals surface area contributed by atoms with Gasteiger partial charge in [0.1, 0.15) is 16.8 Å². The minimum Gasteiger partial charge on any atom is -0.350 e. The monoisotopic (exact) mass is 427 g/mol. The number of nitrogens with two attached hydrogens (primary N) is 1. The van der Waals surface area contributed by atoms with Crippen LogP contribution < -0.4 is 16.4 Å². The standard InChI is InChI=1S/C22H26ClN5O2/c1-2-21(29)27-18(12-17-14-28-19(23)9-6-10-20(28)25-17)22(30)26-16(13-24)11-15-7-4-3-5-8-15/h3-10,14,16,18H,2,11-13,24H2,1H3,(H,26,30)(H,27,29). The minimum atomic E-state index is -0.758. The van der Waals surface area contributed by atoms with Gasteiger partial charge in [0.15, 0.2) is 0 Å². The Labute approximate surface area is 180 Å².